The van der Waals surface area contributed by atoms with Crippen LogP contribution in [0.25, 0.3) is 0 Å². The smallest absolute Gasteiger partial charge is 0.427 e. The maximum atomic E-state index is 11.1. The molecule has 3 nitrogen and oxygen atoms in total. The van der Waals surface area contributed by atoms with E-state index >= 15 is 0 Å². The van der Waals surface area contributed by atoms with E-state index in [-0.39, 0.29) is 0 Å². The van der Waals surface area contributed by atoms with Gasteiger partial charge in [0.2, 0.25) is 0 Å². The van der Waals surface area contributed by atoms with E-state index in [1.165, 1.54) is 6.61 Å². The highest BCUT2D eigenvalue weighted by Gasteiger charge is 2.10. The maximum Gasteiger partial charge on any atom is 0.514 e. The molecule has 0 saturated heterocycles. The Balaban J connectivity index is 2.90. The summed E-state index contributed by atoms with van der Waals surface area (Å²) in [6, 6.07) is 3.93. The number of ether oxygens (including phenoxy) is 2. The zero-order valence-corrected chi connectivity index (χ0v) is 9.46. The van der Waals surface area contributed by atoms with Crippen molar-refractivity contribution in [1.82, 2.24) is 0 Å². The van der Waals surface area contributed by atoms with Crippen LogP contribution in [0.15, 0.2) is 12.1 Å². The van der Waals surface area contributed by atoms with Gasteiger partial charge in [-0.2, -0.15) is 0 Å². The summed E-state index contributed by atoms with van der Waals surface area (Å²) in [5.74, 6) is 0.576. The zero-order valence-electron chi connectivity index (χ0n) is 9.46. The SMILES string of the molecule is C[CH]OC(=O)Oc1c(C)cc(C)cc1C. The summed E-state index contributed by atoms with van der Waals surface area (Å²) < 4.78 is 9.68. The molecule has 0 atom stereocenters. The van der Waals surface area contributed by atoms with Crippen LogP contribution in [0.1, 0.15) is 23.6 Å². The van der Waals surface area contributed by atoms with Gasteiger partial charge in [-0.3, -0.25) is 0 Å². The lowest BCUT2D eigenvalue weighted by molar-refractivity contribution is 0.123. The van der Waals surface area contributed by atoms with E-state index < -0.39 is 6.16 Å². The molecule has 0 aliphatic carbocycles. The van der Waals surface area contributed by atoms with Gasteiger partial charge in [-0.25, -0.2) is 4.79 Å². The van der Waals surface area contributed by atoms with Crippen molar-refractivity contribution in [1.29, 1.82) is 0 Å². The fourth-order valence-corrected chi connectivity index (χ4v) is 1.53. The molecule has 0 spiro atoms. The molecule has 1 aromatic carbocycles. The molecule has 0 unspecified atom stereocenters. The Morgan fingerprint density at radius 2 is 1.73 bits per heavy atom. The van der Waals surface area contributed by atoms with Crippen molar-refractivity contribution < 1.29 is 14.3 Å². The molecule has 15 heavy (non-hydrogen) atoms. The average molecular weight is 207 g/mol. The molecule has 0 aliphatic rings. The van der Waals surface area contributed by atoms with E-state index in [1.54, 1.807) is 6.92 Å². The van der Waals surface area contributed by atoms with Crippen LogP contribution in [0, 0.1) is 27.4 Å². The highest BCUT2D eigenvalue weighted by molar-refractivity contribution is 5.65. The molecule has 1 aromatic rings. The first-order valence-corrected chi connectivity index (χ1v) is 4.78. The molecule has 0 fully saturated rings. The van der Waals surface area contributed by atoms with Crippen LogP contribution in [0.2, 0.25) is 0 Å². The van der Waals surface area contributed by atoms with E-state index in [1.807, 2.05) is 32.9 Å². The average Bonchev–Trinajstić information content (AvgIpc) is 2.11. The van der Waals surface area contributed by atoms with Crippen LogP contribution < -0.4 is 4.74 Å². The lowest BCUT2D eigenvalue weighted by atomic mass is 10.1. The van der Waals surface area contributed by atoms with Crippen molar-refractivity contribution in [2.45, 2.75) is 27.7 Å². The molecule has 81 valence electrons. The predicted octanol–water partition coefficient (Wildman–Crippen LogP) is 3.31. The van der Waals surface area contributed by atoms with Gasteiger partial charge in [0.1, 0.15) is 12.4 Å². The van der Waals surface area contributed by atoms with Gasteiger partial charge in [-0.15, -0.1) is 0 Å². The van der Waals surface area contributed by atoms with Crippen LogP contribution in [-0.2, 0) is 4.74 Å². The van der Waals surface area contributed by atoms with E-state index in [4.69, 9.17) is 4.74 Å². The third-order valence-corrected chi connectivity index (χ3v) is 2.00. The zero-order chi connectivity index (χ0) is 11.4. The van der Waals surface area contributed by atoms with Crippen LogP contribution >= 0.6 is 0 Å². The highest BCUT2D eigenvalue weighted by atomic mass is 16.7. The van der Waals surface area contributed by atoms with Crippen LogP contribution in [0.5, 0.6) is 5.75 Å². The van der Waals surface area contributed by atoms with Crippen molar-refractivity contribution in [3.63, 3.8) is 0 Å². The molecule has 1 rings (SSSR count). The minimum absolute atomic E-state index is 0.576. The van der Waals surface area contributed by atoms with Crippen LogP contribution in [-0.4, -0.2) is 6.16 Å². The first kappa shape index (κ1) is 11.6. The molecule has 0 aromatic heterocycles. The van der Waals surface area contributed by atoms with E-state index in [9.17, 15) is 4.79 Å². The Kier molecular flexibility index (Phi) is 3.72. The minimum atomic E-state index is -0.701. The first-order valence-electron chi connectivity index (χ1n) is 4.78. The molecule has 0 saturated carbocycles. The fourth-order valence-electron chi connectivity index (χ4n) is 1.53. The number of carbonyl (C=O) groups excluding carboxylic acids is 1. The van der Waals surface area contributed by atoms with Crippen molar-refractivity contribution in [3.05, 3.63) is 35.4 Å². The molecule has 3 heteroatoms. The lowest BCUT2D eigenvalue weighted by Gasteiger charge is -2.10. The van der Waals surface area contributed by atoms with Gasteiger partial charge in [0, 0.05) is 0 Å². The molecule has 0 N–H and O–H groups in total. The molecule has 0 bridgehead atoms. The maximum absolute atomic E-state index is 11.1. The van der Waals surface area contributed by atoms with Crippen molar-refractivity contribution in [3.8, 4) is 5.75 Å². The molecule has 1 radical (unpaired) electrons. The number of hydrogen-bond donors (Lipinski definition) is 0. The molecule has 0 aliphatic heterocycles. The second kappa shape index (κ2) is 4.82. The summed E-state index contributed by atoms with van der Waals surface area (Å²) >= 11 is 0. The quantitative estimate of drug-likeness (QED) is 0.551. The number of benzene rings is 1. The summed E-state index contributed by atoms with van der Waals surface area (Å²) in [5, 5.41) is 0. The summed E-state index contributed by atoms with van der Waals surface area (Å²) in [5.41, 5.74) is 3.01. The Morgan fingerprint density at radius 3 is 2.20 bits per heavy atom. The Bertz CT molecular complexity index is 346. The Hall–Kier alpha value is -1.51. The van der Waals surface area contributed by atoms with Crippen molar-refractivity contribution in [2.75, 3.05) is 0 Å². The van der Waals surface area contributed by atoms with Gasteiger partial charge >= 0.3 is 6.16 Å². The Morgan fingerprint density at radius 1 is 1.20 bits per heavy atom. The van der Waals surface area contributed by atoms with Gasteiger partial charge in [-0.05, 0) is 38.8 Å². The third-order valence-electron chi connectivity index (χ3n) is 2.00. The largest absolute Gasteiger partial charge is 0.514 e. The van der Waals surface area contributed by atoms with Crippen LogP contribution in [0.3, 0.4) is 0 Å². The van der Waals surface area contributed by atoms with E-state index in [0.29, 0.717) is 5.75 Å². The summed E-state index contributed by atoms with van der Waals surface area (Å²) in [7, 11) is 0. The second-order valence-electron chi connectivity index (χ2n) is 3.43. The van der Waals surface area contributed by atoms with Gasteiger partial charge < -0.3 is 9.47 Å². The van der Waals surface area contributed by atoms with Crippen LogP contribution in [0.4, 0.5) is 4.79 Å². The predicted molar refractivity (Wildman–Crippen MR) is 57.7 cm³/mol. The second-order valence-corrected chi connectivity index (χ2v) is 3.43. The highest BCUT2D eigenvalue weighted by Crippen LogP contribution is 2.24. The molecular weight excluding hydrogens is 192 g/mol. The van der Waals surface area contributed by atoms with E-state index in [2.05, 4.69) is 4.74 Å². The van der Waals surface area contributed by atoms with Gasteiger partial charge in [0.15, 0.2) is 0 Å². The summed E-state index contributed by atoms with van der Waals surface area (Å²) in [6.45, 7) is 8.72. The lowest BCUT2D eigenvalue weighted by Crippen LogP contribution is -2.10. The number of hydrogen-bond acceptors (Lipinski definition) is 3. The monoisotopic (exact) mass is 207 g/mol. The summed E-state index contributed by atoms with van der Waals surface area (Å²) in [4.78, 5) is 11.1. The van der Waals surface area contributed by atoms with Gasteiger partial charge in [-0.1, -0.05) is 17.7 Å². The molecular formula is C12H15O3. The number of aryl methyl sites for hydroxylation is 3. The number of carbonyl (C=O) groups is 1. The van der Waals surface area contributed by atoms with Gasteiger partial charge in [0.25, 0.3) is 0 Å². The first-order chi connectivity index (χ1) is 7.04. The van der Waals surface area contributed by atoms with E-state index in [0.717, 1.165) is 16.7 Å². The third kappa shape index (κ3) is 2.98. The Labute approximate surface area is 90.0 Å². The summed E-state index contributed by atoms with van der Waals surface area (Å²) in [6.07, 6.45) is -0.701. The number of rotatable bonds is 2. The normalized spacial score (nSPS) is 9.87. The minimum Gasteiger partial charge on any atom is -0.427 e. The van der Waals surface area contributed by atoms with Gasteiger partial charge in [0.05, 0.1) is 0 Å². The standard InChI is InChI=1S/C12H15O3/c1-5-14-12(13)15-11-9(3)6-8(2)7-10(11)4/h5-7H,1-4H3. The van der Waals surface area contributed by atoms with Crippen molar-refractivity contribution in [2.24, 2.45) is 0 Å². The fraction of sp³-hybridized carbons (Fsp3) is 0.333. The molecule has 0 amide bonds. The van der Waals surface area contributed by atoms with Crippen molar-refractivity contribution >= 4 is 6.16 Å². The topological polar surface area (TPSA) is 35.5 Å². The molecule has 0 heterocycles.